The van der Waals surface area contributed by atoms with Gasteiger partial charge in [-0.05, 0) is 25.1 Å². The van der Waals surface area contributed by atoms with Crippen LogP contribution in [0.5, 0.6) is 0 Å². The predicted octanol–water partition coefficient (Wildman–Crippen LogP) is 2.75. The summed E-state index contributed by atoms with van der Waals surface area (Å²) in [5, 5.41) is 0.645. The van der Waals surface area contributed by atoms with E-state index in [-0.39, 0.29) is 5.97 Å². The second kappa shape index (κ2) is 8.16. The van der Waals surface area contributed by atoms with Crippen molar-refractivity contribution < 1.29 is 9.53 Å². The number of ether oxygens (including phenoxy) is 1. The van der Waals surface area contributed by atoms with Crippen LogP contribution in [0.2, 0.25) is 0 Å². The summed E-state index contributed by atoms with van der Waals surface area (Å²) in [6.45, 7) is 2.16. The van der Waals surface area contributed by atoms with E-state index >= 15 is 0 Å². The zero-order valence-electron chi connectivity index (χ0n) is 11.6. The van der Waals surface area contributed by atoms with Gasteiger partial charge in [-0.2, -0.15) is 0 Å². The van der Waals surface area contributed by atoms with Crippen LogP contribution in [0.1, 0.15) is 6.92 Å². The topological polar surface area (TPSA) is 65.0 Å². The maximum Gasteiger partial charge on any atom is 0.330 e. The Bertz CT molecular complexity index is 617. The Morgan fingerprint density at radius 1 is 1.24 bits per heavy atom. The first kappa shape index (κ1) is 15.2. The summed E-state index contributed by atoms with van der Waals surface area (Å²) in [5.41, 5.74) is 1.59. The minimum atomic E-state index is -0.332. The molecule has 108 valence electrons. The molecular formula is C15H15N3O2S. The third kappa shape index (κ3) is 5.00. The van der Waals surface area contributed by atoms with Crippen molar-refractivity contribution in [2.75, 3.05) is 12.4 Å². The molecule has 0 atom stereocenters. The molecule has 0 bridgehead atoms. The molecule has 2 heterocycles. The number of hydrogen-bond donors (Lipinski definition) is 0. The summed E-state index contributed by atoms with van der Waals surface area (Å²) in [4.78, 5) is 24.0. The van der Waals surface area contributed by atoms with Gasteiger partial charge in [0.05, 0.1) is 18.0 Å². The number of rotatable bonds is 6. The molecule has 0 saturated heterocycles. The molecule has 2 aromatic heterocycles. The smallest absolute Gasteiger partial charge is 0.330 e. The summed E-state index contributed by atoms with van der Waals surface area (Å²) in [6, 6.07) is 7.50. The lowest BCUT2D eigenvalue weighted by Crippen LogP contribution is -1.99. The minimum Gasteiger partial charge on any atom is -0.463 e. The molecule has 0 aliphatic heterocycles. The molecular weight excluding hydrogens is 286 g/mol. The van der Waals surface area contributed by atoms with Crippen LogP contribution in [0.3, 0.4) is 0 Å². The molecule has 21 heavy (non-hydrogen) atoms. The summed E-state index contributed by atoms with van der Waals surface area (Å²) in [6.07, 6.45) is 6.58. The van der Waals surface area contributed by atoms with Gasteiger partial charge >= 0.3 is 5.97 Å². The number of aromatic nitrogens is 3. The monoisotopic (exact) mass is 301 g/mol. The third-order valence-corrected chi connectivity index (χ3v) is 3.22. The zero-order chi connectivity index (χ0) is 14.9. The van der Waals surface area contributed by atoms with Crippen molar-refractivity contribution in [1.29, 1.82) is 0 Å². The Balaban J connectivity index is 1.94. The highest BCUT2D eigenvalue weighted by atomic mass is 32.2. The fraction of sp³-hybridized carbons (Fsp3) is 0.200. The van der Waals surface area contributed by atoms with E-state index in [1.165, 1.54) is 17.8 Å². The SMILES string of the molecule is CCOC(=O)/C=C/CSc1nccc(-c2ccccn2)n1. The maximum atomic E-state index is 11.1. The van der Waals surface area contributed by atoms with Gasteiger partial charge in [-0.1, -0.05) is 23.9 Å². The van der Waals surface area contributed by atoms with Crippen molar-refractivity contribution in [3.8, 4) is 11.4 Å². The number of pyridine rings is 1. The lowest BCUT2D eigenvalue weighted by molar-refractivity contribution is -0.137. The molecule has 0 amide bonds. The number of carbonyl (C=O) groups excluding carboxylic acids is 1. The van der Waals surface area contributed by atoms with E-state index in [9.17, 15) is 4.79 Å². The number of nitrogens with zero attached hydrogens (tertiary/aromatic N) is 3. The molecule has 0 fully saturated rings. The highest BCUT2D eigenvalue weighted by Crippen LogP contribution is 2.18. The van der Waals surface area contributed by atoms with Crippen molar-refractivity contribution in [1.82, 2.24) is 15.0 Å². The molecule has 5 nitrogen and oxygen atoms in total. The van der Waals surface area contributed by atoms with Gasteiger partial charge in [0.25, 0.3) is 0 Å². The van der Waals surface area contributed by atoms with Gasteiger partial charge in [0.15, 0.2) is 5.16 Å². The lowest BCUT2D eigenvalue weighted by Gasteiger charge is -2.01. The molecule has 0 aliphatic carbocycles. The molecule has 2 rings (SSSR count). The van der Waals surface area contributed by atoms with Crippen molar-refractivity contribution in [3.05, 3.63) is 48.8 Å². The van der Waals surface area contributed by atoms with Crippen LogP contribution in [0.15, 0.2) is 54.0 Å². The van der Waals surface area contributed by atoms with Crippen molar-refractivity contribution in [2.45, 2.75) is 12.1 Å². The molecule has 6 heteroatoms. The summed E-state index contributed by atoms with van der Waals surface area (Å²) in [7, 11) is 0. The van der Waals surface area contributed by atoms with Crippen LogP contribution in [-0.2, 0) is 9.53 Å². The lowest BCUT2D eigenvalue weighted by atomic mass is 10.3. The highest BCUT2D eigenvalue weighted by molar-refractivity contribution is 7.99. The highest BCUT2D eigenvalue weighted by Gasteiger charge is 2.03. The van der Waals surface area contributed by atoms with Gasteiger partial charge in [0.1, 0.15) is 0 Å². The second-order valence-corrected chi connectivity index (χ2v) is 4.89. The van der Waals surface area contributed by atoms with Crippen LogP contribution in [0, 0.1) is 0 Å². The van der Waals surface area contributed by atoms with E-state index < -0.39 is 0 Å². The Hall–Kier alpha value is -2.21. The number of carbonyl (C=O) groups is 1. The number of thioether (sulfide) groups is 1. The maximum absolute atomic E-state index is 11.1. The van der Waals surface area contributed by atoms with Crippen molar-refractivity contribution >= 4 is 17.7 Å². The second-order valence-electron chi connectivity index (χ2n) is 3.90. The minimum absolute atomic E-state index is 0.332. The van der Waals surface area contributed by atoms with E-state index in [4.69, 9.17) is 4.74 Å². The zero-order valence-corrected chi connectivity index (χ0v) is 12.4. The fourth-order valence-electron chi connectivity index (χ4n) is 1.52. The van der Waals surface area contributed by atoms with Crippen molar-refractivity contribution in [3.63, 3.8) is 0 Å². The number of esters is 1. The summed E-state index contributed by atoms with van der Waals surface area (Å²) >= 11 is 1.44. The Morgan fingerprint density at radius 2 is 2.14 bits per heavy atom. The van der Waals surface area contributed by atoms with Crippen molar-refractivity contribution in [2.24, 2.45) is 0 Å². The van der Waals surface area contributed by atoms with Crippen LogP contribution >= 0.6 is 11.8 Å². The first-order valence-electron chi connectivity index (χ1n) is 6.50. The Morgan fingerprint density at radius 3 is 2.90 bits per heavy atom. The Kier molecular flexibility index (Phi) is 5.90. The average molecular weight is 301 g/mol. The van der Waals surface area contributed by atoms with Gasteiger partial charge < -0.3 is 4.74 Å². The predicted molar refractivity (Wildman–Crippen MR) is 81.8 cm³/mol. The number of hydrogen-bond acceptors (Lipinski definition) is 6. The van der Waals surface area contributed by atoms with Gasteiger partial charge in [0.2, 0.25) is 0 Å². The molecule has 0 aromatic carbocycles. The van der Waals surface area contributed by atoms with Crippen LogP contribution in [0.25, 0.3) is 11.4 Å². The van der Waals surface area contributed by atoms with Gasteiger partial charge in [-0.25, -0.2) is 14.8 Å². The quantitative estimate of drug-likeness (QED) is 0.354. The molecule has 0 spiro atoms. The van der Waals surface area contributed by atoms with E-state index in [0.717, 1.165) is 11.4 Å². The van der Waals surface area contributed by atoms with E-state index in [1.54, 1.807) is 25.4 Å². The first-order chi connectivity index (χ1) is 10.3. The molecule has 0 aliphatic rings. The van der Waals surface area contributed by atoms with E-state index in [1.807, 2.05) is 24.3 Å². The molecule has 0 saturated carbocycles. The molecule has 0 radical (unpaired) electrons. The Labute approximate surface area is 127 Å². The average Bonchev–Trinajstić information content (AvgIpc) is 2.53. The third-order valence-electron chi connectivity index (χ3n) is 2.41. The van der Waals surface area contributed by atoms with E-state index in [2.05, 4.69) is 15.0 Å². The standard InChI is InChI=1S/C15H15N3O2S/c1-2-20-14(19)7-5-11-21-15-17-10-8-13(18-15)12-6-3-4-9-16-12/h3-10H,2,11H2,1H3/b7-5+. The normalized spacial score (nSPS) is 10.7. The molecule has 0 N–H and O–H groups in total. The summed E-state index contributed by atoms with van der Waals surface area (Å²) in [5.74, 6) is 0.270. The van der Waals surface area contributed by atoms with Gasteiger partial charge in [0, 0.05) is 24.2 Å². The van der Waals surface area contributed by atoms with Crippen LogP contribution < -0.4 is 0 Å². The van der Waals surface area contributed by atoms with Gasteiger partial charge in [-0.3, -0.25) is 4.98 Å². The first-order valence-corrected chi connectivity index (χ1v) is 7.48. The fourth-order valence-corrected chi connectivity index (χ4v) is 2.16. The van der Waals surface area contributed by atoms with Crippen LogP contribution in [0.4, 0.5) is 0 Å². The van der Waals surface area contributed by atoms with Crippen LogP contribution in [-0.4, -0.2) is 33.3 Å². The largest absolute Gasteiger partial charge is 0.463 e. The molecule has 2 aromatic rings. The summed E-state index contributed by atoms with van der Waals surface area (Å²) < 4.78 is 4.80. The molecule has 0 unspecified atom stereocenters. The van der Waals surface area contributed by atoms with Gasteiger partial charge in [-0.15, -0.1) is 0 Å². The van der Waals surface area contributed by atoms with E-state index in [0.29, 0.717) is 17.5 Å².